The van der Waals surface area contributed by atoms with Crippen LogP contribution >= 0.6 is 0 Å². The Labute approximate surface area is 153 Å². The monoisotopic (exact) mass is 352 g/mol. The Morgan fingerprint density at radius 1 is 0.769 bits per heavy atom. The number of hydrogen-bond acceptors (Lipinski definition) is 2. The summed E-state index contributed by atoms with van der Waals surface area (Å²) in [6.45, 7) is 4.06. The van der Waals surface area contributed by atoms with Crippen molar-refractivity contribution in [2.45, 2.75) is 38.5 Å². The minimum Gasteiger partial charge on any atom is -0.481 e. The number of benzene rings is 2. The molecule has 2 aliphatic rings. The predicted molar refractivity (Wildman–Crippen MR) is 99.3 cm³/mol. The first-order chi connectivity index (χ1) is 12.4. The lowest BCUT2D eigenvalue weighted by Crippen LogP contribution is -1.98. The molecule has 4 nitrogen and oxygen atoms in total. The first-order valence-corrected chi connectivity index (χ1v) is 8.95. The van der Waals surface area contributed by atoms with Crippen LogP contribution < -0.4 is 0 Å². The van der Waals surface area contributed by atoms with Gasteiger partial charge in [-0.15, -0.1) is 0 Å². The van der Waals surface area contributed by atoms with Gasteiger partial charge < -0.3 is 10.2 Å². The summed E-state index contributed by atoms with van der Waals surface area (Å²) in [4.78, 5) is 21.3. The summed E-state index contributed by atoms with van der Waals surface area (Å²) in [5.41, 5.74) is 4.75. The highest BCUT2D eigenvalue weighted by molar-refractivity contribution is 5.75. The predicted octanol–water partition coefficient (Wildman–Crippen LogP) is 4.37. The van der Waals surface area contributed by atoms with Gasteiger partial charge in [0.2, 0.25) is 0 Å². The number of carboxylic acids is 2. The van der Waals surface area contributed by atoms with Crippen molar-refractivity contribution in [2.24, 2.45) is 11.8 Å². The third-order valence-corrected chi connectivity index (χ3v) is 5.16. The largest absolute Gasteiger partial charge is 0.481 e. The Morgan fingerprint density at radius 2 is 1.15 bits per heavy atom. The molecule has 0 aromatic heterocycles. The molecule has 0 aliphatic heterocycles. The fraction of sp³-hybridized carbons (Fsp3) is 0.364. The lowest BCUT2D eigenvalue weighted by atomic mass is 10.1. The van der Waals surface area contributed by atoms with Crippen LogP contribution in [-0.4, -0.2) is 22.2 Å². The summed E-state index contributed by atoms with van der Waals surface area (Å²) in [5.74, 6) is -1.07. The van der Waals surface area contributed by atoms with Crippen LogP contribution in [0.15, 0.2) is 48.5 Å². The van der Waals surface area contributed by atoms with Crippen molar-refractivity contribution in [3.63, 3.8) is 0 Å². The van der Waals surface area contributed by atoms with Gasteiger partial charge in [-0.3, -0.25) is 9.59 Å². The number of carbonyl (C=O) groups is 2. The first-order valence-electron chi connectivity index (χ1n) is 8.95. The number of aliphatic carboxylic acids is 2. The molecule has 4 heteroatoms. The van der Waals surface area contributed by atoms with E-state index in [0.29, 0.717) is 0 Å². The molecule has 4 rings (SSSR count). The van der Waals surface area contributed by atoms with Crippen LogP contribution in [0.2, 0.25) is 0 Å². The molecule has 0 bridgehead atoms. The molecular formula is C22H24O4. The quantitative estimate of drug-likeness (QED) is 0.857. The van der Waals surface area contributed by atoms with Crippen molar-refractivity contribution in [1.29, 1.82) is 0 Å². The van der Waals surface area contributed by atoms with Crippen LogP contribution in [0.3, 0.4) is 0 Å². The number of hydrogen-bond donors (Lipinski definition) is 2. The molecule has 2 aliphatic carbocycles. The van der Waals surface area contributed by atoms with E-state index in [2.05, 4.69) is 12.1 Å². The van der Waals surface area contributed by atoms with Crippen LogP contribution in [0.4, 0.5) is 0 Å². The number of carboxylic acid groups (broad SMARTS) is 2. The minimum absolute atomic E-state index is 0.137. The molecule has 0 heterocycles. The average molecular weight is 352 g/mol. The van der Waals surface area contributed by atoms with Crippen molar-refractivity contribution in [2.75, 3.05) is 0 Å². The molecule has 0 spiro atoms. The van der Waals surface area contributed by atoms with Crippen LogP contribution in [0.25, 0.3) is 0 Å². The molecule has 2 aromatic carbocycles. The summed E-state index contributed by atoms with van der Waals surface area (Å²) in [7, 11) is 0. The molecule has 26 heavy (non-hydrogen) atoms. The second-order valence-electron chi connectivity index (χ2n) is 7.40. The van der Waals surface area contributed by atoms with Crippen LogP contribution in [-0.2, 0) is 9.59 Å². The van der Waals surface area contributed by atoms with Gasteiger partial charge in [0.1, 0.15) is 0 Å². The maximum Gasteiger partial charge on any atom is 0.307 e. The van der Waals surface area contributed by atoms with Gasteiger partial charge in [0.25, 0.3) is 0 Å². The molecule has 0 radical (unpaired) electrons. The average Bonchev–Trinajstić information content (AvgIpc) is 3.47. The highest BCUT2D eigenvalue weighted by Gasteiger charge is 2.44. The smallest absolute Gasteiger partial charge is 0.307 e. The van der Waals surface area contributed by atoms with Gasteiger partial charge in [0.15, 0.2) is 0 Å². The zero-order valence-corrected chi connectivity index (χ0v) is 15.1. The SMILES string of the molecule is Cc1cccc(C2CC2C(=O)O)c1.Cc1cccc(C2CC2C(=O)O)c1. The van der Waals surface area contributed by atoms with Gasteiger partial charge in [-0.2, -0.15) is 0 Å². The second kappa shape index (κ2) is 7.32. The maximum absolute atomic E-state index is 10.6. The van der Waals surface area contributed by atoms with Gasteiger partial charge >= 0.3 is 11.9 Å². The molecule has 0 amide bonds. The Bertz CT molecular complexity index is 757. The second-order valence-corrected chi connectivity index (χ2v) is 7.40. The van der Waals surface area contributed by atoms with Crippen LogP contribution in [0.1, 0.15) is 46.9 Å². The van der Waals surface area contributed by atoms with E-state index < -0.39 is 11.9 Å². The van der Waals surface area contributed by atoms with E-state index in [4.69, 9.17) is 10.2 Å². The third-order valence-electron chi connectivity index (χ3n) is 5.16. The molecule has 2 fully saturated rings. The van der Waals surface area contributed by atoms with Crippen molar-refractivity contribution in [1.82, 2.24) is 0 Å². The fourth-order valence-electron chi connectivity index (χ4n) is 3.47. The summed E-state index contributed by atoms with van der Waals surface area (Å²) in [6.07, 6.45) is 1.61. The van der Waals surface area contributed by atoms with Crippen molar-refractivity contribution in [3.05, 3.63) is 70.8 Å². The fourth-order valence-corrected chi connectivity index (χ4v) is 3.47. The molecule has 2 N–H and O–H groups in total. The lowest BCUT2D eigenvalue weighted by molar-refractivity contribution is -0.139. The van der Waals surface area contributed by atoms with E-state index in [9.17, 15) is 9.59 Å². The van der Waals surface area contributed by atoms with Crippen molar-refractivity contribution < 1.29 is 19.8 Å². The van der Waals surface area contributed by atoms with E-state index >= 15 is 0 Å². The van der Waals surface area contributed by atoms with E-state index in [1.807, 2.05) is 50.2 Å². The van der Waals surface area contributed by atoms with Gasteiger partial charge in [0.05, 0.1) is 11.8 Å². The van der Waals surface area contributed by atoms with Crippen LogP contribution in [0.5, 0.6) is 0 Å². The van der Waals surface area contributed by atoms with Gasteiger partial charge in [-0.05, 0) is 49.7 Å². The van der Waals surface area contributed by atoms with E-state index in [1.54, 1.807) is 0 Å². The highest BCUT2D eigenvalue weighted by atomic mass is 16.4. The van der Waals surface area contributed by atoms with Gasteiger partial charge in [0, 0.05) is 0 Å². The van der Waals surface area contributed by atoms with Gasteiger partial charge in [-0.25, -0.2) is 0 Å². The van der Waals surface area contributed by atoms with Crippen molar-refractivity contribution >= 4 is 11.9 Å². The standard InChI is InChI=1S/2C11H12O2/c2*1-7-3-2-4-8(5-7)9-6-10(9)11(12)13/h2*2-5,9-10H,6H2,1H3,(H,12,13). The minimum atomic E-state index is -0.661. The van der Waals surface area contributed by atoms with E-state index in [0.717, 1.165) is 12.8 Å². The summed E-state index contributed by atoms with van der Waals surface area (Å²) >= 11 is 0. The summed E-state index contributed by atoms with van der Waals surface area (Å²) < 4.78 is 0. The molecular weight excluding hydrogens is 328 g/mol. The molecule has 136 valence electrons. The lowest BCUT2D eigenvalue weighted by Gasteiger charge is -1.99. The zero-order chi connectivity index (χ0) is 18.8. The van der Waals surface area contributed by atoms with E-state index in [1.165, 1.54) is 22.3 Å². The molecule has 2 saturated carbocycles. The molecule has 4 unspecified atom stereocenters. The third kappa shape index (κ3) is 4.31. The Kier molecular flexibility index (Phi) is 5.12. The number of aryl methyl sites for hydroxylation is 2. The Hall–Kier alpha value is -2.62. The highest BCUT2D eigenvalue weighted by Crippen LogP contribution is 2.48. The van der Waals surface area contributed by atoms with Crippen LogP contribution in [0, 0.1) is 25.7 Å². The zero-order valence-electron chi connectivity index (χ0n) is 15.1. The topological polar surface area (TPSA) is 74.6 Å². The molecule has 2 aromatic rings. The van der Waals surface area contributed by atoms with Crippen molar-refractivity contribution in [3.8, 4) is 0 Å². The van der Waals surface area contributed by atoms with E-state index in [-0.39, 0.29) is 23.7 Å². The Balaban J connectivity index is 0.000000151. The van der Waals surface area contributed by atoms with Gasteiger partial charge in [-0.1, -0.05) is 59.7 Å². The first kappa shape index (κ1) is 18.2. The molecule has 4 atom stereocenters. The molecule has 0 saturated heterocycles. The maximum atomic E-state index is 10.6. The summed E-state index contributed by atoms with van der Waals surface area (Å²) in [6, 6.07) is 16.2. The Morgan fingerprint density at radius 3 is 1.42 bits per heavy atom. The number of rotatable bonds is 4. The normalized spacial score (nSPS) is 25.6. The summed E-state index contributed by atoms with van der Waals surface area (Å²) in [5, 5.41) is 17.5.